The van der Waals surface area contributed by atoms with Crippen molar-refractivity contribution in [2.75, 3.05) is 0 Å². The summed E-state index contributed by atoms with van der Waals surface area (Å²) in [5, 5.41) is 3.24. The highest BCUT2D eigenvalue weighted by molar-refractivity contribution is 7.89. The van der Waals surface area contributed by atoms with Crippen molar-refractivity contribution >= 4 is 20.8 Å². The highest BCUT2D eigenvalue weighted by atomic mass is 32.2. The van der Waals surface area contributed by atoms with Crippen LogP contribution in [0, 0.1) is 0 Å². The van der Waals surface area contributed by atoms with E-state index in [0.717, 1.165) is 11.5 Å². The molecule has 7 heteroatoms. The fourth-order valence-electron chi connectivity index (χ4n) is 1.94. The molecule has 3 nitrogen and oxygen atoms in total. The van der Waals surface area contributed by atoms with E-state index >= 15 is 0 Å². The van der Waals surface area contributed by atoms with Gasteiger partial charge in [-0.1, -0.05) is 36.4 Å². The summed E-state index contributed by atoms with van der Waals surface area (Å²) in [5.41, 5.74) is -0.381. The number of hydrogen-bond donors (Lipinski definition) is 1. The molecule has 0 spiro atoms. The Morgan fingerprint density at radius 1 is 1.00 bits per heavy atom. The fraction of sp³-hybridized carbons (Fsp3) is 0.167. The quantitative estimate of drug-likeness (QED) is 0.924. The van der Waals surface area contributed by atoms with Crippen LogP contribution in [0.15, 0.2) is 42.5 Å². The summed E-state index contributed by atoms with van der Waals surface area (Å²) in [6, 6.07) is 10.5. The van der Waals surface area contributed by atoms with E-state index in [1.807, 2.05) is 0 Å². The molecule has 0 bridgehead atoms. The van der Waals surface area contributed by atoms with Gasteiger partial charge in [0.15, 0.2) is 5.25 Å². The molecule has 0 amide bonds. The molecule has 0 saturated carbocycles. The zero-order valence-electron chi connectivity index (χ0n) is 9.55. The maximum Gasteiger partial charge on any atom is 0.410 e. The smallest absolute Gasteiger partial charge is 0.228 e. The molecule has 0 fully saturated rings. The third kappa shape index (κ3) is 2.87. The van der Waals surface area contributed by atoms with Gasteiger partial charge in [-0.25, -0.2) is 13.6 Å². The molecule has 0 radical (unpaired) electrons. The standard InChI is InChI=1S/C12H10F3NO2S/c13-12(14,15)11(19(16,17)18)10-6-5-8-3-1-2-4-9(8)7-10/h1-7,11H,(H2,16,17,18). The summed E-state index contributed by atoms with van der Waals surface area (Å²) in [5.74, 6) is 0. The van der Waals surface area contributed by atoms with E-state index in [2.05, 4.69) is 0 Å². The Hall–Kier alpha value is -1.60. The van der Waals surface area contributed by atoms with Gasteiger partial charge in [0.1, 0.15) is 0 Å². The van der Waals surface area contributed by atoms with Crippen molar-refractivity contribution in [1.29, 1.82) is 0 Å². The lowest BCUT2D eigenvalue weighted by Crippen LogP contribution is -2.33. The number of rotatable bonds is 2. The van der Waals surface area contributed by atoms with Crippen LogP contribution in [-0.4, -0.2) is 14.6 Å². The maximum absolute atomic E-state index is 12.8. The maximum atomic E-state index is 12.8. The average Bonchev–Trinajstić information content (AvgIpc) is 2.25. The van der Waals surface area contributed by atoms with Crippen LogP contribution in [0.4, 0.5) is 13.2 Å². The molecule has 0 aliphatic rings. The van der Waals surface area contributed by atoms with Crippen LogP contribution in [0.1, 0.15) is 10.8 Å². The van der Waals surface area contributed by atoms with Crippen LogP contribution < -0.4 is 5.14 Å². The van der Waals surface area contributed by atoms with Gasteiger partial charge in [-0.15, -0.1) is 0 Å². The summed E-state index contributed by atoms with van der Waals surface area (Å²) >= 11 is 0. The fourth-order valence-corrected chi connectivity index (χ4v) is 2.83. The first-order chi connectivity index (χ1) is 8.69. The van der Waals surface area contributed by atoms with E-state index in [4.69, 9.17) is 5.14 Å². The Kier molecular flexibility index (Phi) is 3.27. The van der Waals surface area contributed by atoms with Gasteiger partial charge in [-0.05, 0) is 22.4 Å². The number of sulfonamides is 1. The largest absolute Gasteiger partial charge is 0.410 e. The molecule has 0 aliphatic heterocycles. The van der Waals surface area contributed by atoms with Gasteiger partial charge in [0, 0.05) is 0 Å². The predicted octanol–water partition coefficient (Wildman–Crippen LogP) is 2.73. The molecule has 19 heavy (non-hydrogen) atoms. The first-order valence-electron chi connectivity index (χ1n) is 5.26. The molecular formula is C12H10F3NO2S. The van der Waals surface area contributed by atoms with Crippen molar-refractivity contribution in [2.24, 2.45) is 5.14 Å². The molecule has 102 valence electrons. The van der Waals surface area contributed by atoms with Gasteiger partial charge in [0.05, 0.1) is 0 Å². The van der Waals surface area contributed by atoms with Crippen molar-refractivity contribution in [3.8, 4) is 0 Å². The van der Waals surface area contributed by atoms with Gasteiger partial charge >= 0.3 is 6.18 Å². The van der Waals surface area contributed by atoms with E-state index in [0.29, 0.717) is 5.39 Å². The third-order valence-corrected chi connectivity index (χ3v) is 3.90. The van der Waals surface area contributed by atoms with Crippen LogP contribution in [0.2, 0.25) is 0 Å². The molecule has 2 N–H and O–H groups in total. The van der Waals surface area contributed by atoms with Crippen LogP contribution >= 0.6 is 0 Å². The lowest BCUT2D eigenvalue weighted by atomic mass is 10.0. The van der Waals surface area contributed by atoms with Crippen LogP contribution in [0.5, 0.6) is 0 Å². The van der Waals surface area contributed by atoms with Gasteiger partial charge in [0.2, 0.25) is 10.0 Å². The highest BCUT2D eigenvalue weighted by Gasteiger charge is 2.48. The number of benzene rings is 2. The van der Waals surface area contributed by atoms with Gasteiger partial charge in [0.25, 0.3) is 0 Å². The SMILES string of the molecule is NS(=O)(=O)C(c1ccc2ccccc2c1)C(F)(F)F. The lowest BCUT2D eigenvalue weighted by molar-refractivity contribution is -0.131. The summed E-state index contributed by atoms with van der Waals surface area (Å²) in [4.78, 5) is 0. The molecule has 2 aromatic rings. The van der Waals surface area contributed by atoms with Gasteiger partial charge in [-0.3, -0.25) is 0 Å². The Morgan fingerprint density at radius 2 is 1.58 bits per heavy atom. The molecular weight excluding hydrogens is 279 g/mol. The average molecular weight is 289 g/mol. The number of fused-ring (bicyclic) bond motifs is 1. The van der Waals surface area contributed by atoms with Crippen molar-refractivity contribution in [3.63, 3.8) is 0 Å². The number of hydrogen-bond acceptors (Lipinski definition) is 2. The van der Waals surface area contributed by atoms with Crippen LogP contribution in [0.25, 0.3) is 10.8 Å². The summed E-state index contributed by atoms with van der Waals surface area (Å²) < 4.78 is 60.9. The van der Waals surface area contributed by atoms with Crippen LogP contribution in [-0.2, 0) is 10.0 Å². The Morgan fingerprint density at radius 3 is 2.11 bits per heavy atom. The molecule has 1 atom stereocenters. The van der Waals surface area contributed by atoms with Gasteiger partial charge < -0.3 is 0 Å². The molecule has 1 unspecified atom stereocenters. The highest BCUT2D eigenvalue weighted by Crippen LogP contribution is 2.38. The van der Waals surface area contributed by atoms with E-state index in [1.165, 1.54) is 12.1 Å². The number of alkyl halides is 3. The molecule has 2 rings (SSSR count). The minimum absolute atomic E-state index is 0.381. The minimum Gasteiger partial charge on any atom is -0.228 e. The second kappa shape index (κ2) is 4.50. The molecule has 0 saturated heterocycles. The Balaban J connectivity index is 2.64. The lowest BCUT2D eigenvalue weighted by Gasteiger charge is -2.18. The number of halogens is 3. The molecule has 0 aliphatic carbocycles. The van der Waals surface area contributed by atoms with Crippen molar-refractivity contribution in [3.05, 3.63) is 48.0 Å². The van der Waals surface area contributed by atoms with Gasteiger partial charge in [-0.2, -0.15) is 13.2 Å². The first kappa shape index (κ1) is 13.8. The van der Waals surface area contributed by atoms with Crippen molar-refractivity contribution in [2.45, 2.75) is 11.4 Å². The van der Waals surface area contributed by atoms with E-state index in [1.54, 1.807) is 24.3 Å². The Labute approximate surface area is 107 Å². The predicted molar refractivity (Wildman–Crippen MR) is 65.9 cm³/mol. The number of primary sulfonamides is 1. The zero-order valence-corrected chi connectivity index (χ0v) is 10.4. The normalized spacial score (nSPS) is 14.5. The number of nitrogens with two attached hydrogens (primary N) is 1. The zero-order chi connectivity index (χ0) is 14.3. The van der Waals surface area contributed by atoms with Crippen molar-refractivity contribution < 1.29 is 21.6 Å². The summed E-state index contributed by atoms with van der Waals surface area (Å²) in [6.45, 7) is 0. The minimum atomic E-state index is -4.95. The first-order valence-corrected chi connectivity index (χ1v) is 6.87. The summed E-state index contributed by atoms with van der Waals surface area (Å²) in [6.07, 6.45) is -4.95. The monoisotopic (exact) mass is 289 g/mol. The Bertz CT molecular complexity index is 710. The molecule has 0 heterocycles. The van der Waals surface area contributed by atoms with E-state index in [-0.39, 0.29) is 5.56 Å². The third-order valence-electron chi connectivity index (χ3n) is 2.70. The van der Waals surface area contributed by atoms with E-state index in [9.17, 15) is 21.6 Å². The van der Waals surface area contributed by atoms with E-state index < -0.39 is 21.4 Å². The molecule has 2 aromatic carbocycles. The topological polar surface area (TPSA) is 60.2 Å². The summed E-state index contributed by atoms with van der Waals surface area (Å²) in [7, 11) is -4.77. The van der Waals surface area contributed by atoms with Crippen LogP contribution in [0.3, 0.4) is 0 Å². The molecule has 0 aromatic heterocycles. The second-order valence-corrected chi connectivity index (χ2v) is 5.77. The van der Waals surface area contributed by atoms with Crippen molar-refractivity contribution in [1.82, 2.24) is 0 Å². The second-order valence-electron chi connectivity index (χ2n) is 4.12.